The van der Waals surface area contributed by atoms with Gasteiger partial charge in [0.05, 0.1) is 23.3 Å². The Morgan fingerprint density at radius 2 is 1.89 bits per heavy atom. The predicted molar refractivity (Wildman–Crippen MR) is 74.1 cm³/mol. The maximum Gasteiger partial charge on any atom is 0.129 e. The van der Waals surface area contributed by atoms with Crippen LogP contribution < -0.4 is 5.32 Å². The molecule has 0 saturated carbocycles. The molecular weight excluding hydrogens is 238 g/mol. The van der Waals surface area contributed by atoms with Crippen molar-refractivity contribution in [3.8, 4) is 17.1 Å². The average Bonchev–Trinajstić information content (AvgIpc) is 2.98. The fraction of sp³-hybridized carbons (Fsp3) is 0.0714. The predicted octanol–water partition coefficient (Wildman–Crippen LogP) is 2.37. The molecule has 3 aromatic rings. The van der Waals surface area contributed by atoms with E-state index in [1.54, 1.807) is 12.5 Å². The van der Waals surface area contributed by atoms with E-state index in [0.29, 0.717) is 0 Å². The van der Waals surface area contributed by atoms with Crippen molar-refractivity contribution in [1.82, 2.24) is 19.7 Å². The molecule has 0 unspecified atom stereocenters. The van der Waals surface area contributed by atoms with Gasteiger partial charge in [-0.1, -0.05) is 18.2 Å². The number of aromatic nitrogens is 4. The summed E-state index contributed by atoms with van der Waals surface area (Å²) in [6, 6.07) is 13.8. The number of para-hydroxylation sites is 1. The molecule has 5 nitrogen and oxygen atoms in total. The van der Waals surface area contributed by atoms with Gasteiger partial charge in [-0.3, -0.25) is 0 Å². The van der Waals surface area contributed by atoms with Gasteiger partial charge in [-0.25, -0.2) is 14.6 Å². The van der Waals surface area contributed by atoms with Gasteiger partial charge in [0.25, 0.3) is 0 Å². The summed E-state index contributed by atoms with van der Waals surface area (Å²) in [5.74, 6) is 0.783. The van der Waals surface area contributed by atoms with Gasteiger partial charge >= 0.3 is 0 Å². The quantitative estimate of drug-likeness (QED) is 0.776. The van der Waals surface area contributed by atoms with Crippen LogP contribution in [-0.2, 0) is 0 Å². The number of nitrogens with zero attached hydrogens (tertiary/aromatic N) is 4. The molecule has 0 atom stereocenters. The molecular formula is C14H13N5. The standard InChI is InChI=1S/C14H13N5/c1-15-14-9-12(16-10-17-14)13-7-8-18-19(13)11-5-3-2-4-6-11/h2-10H,1H3,(H,15,16,17). The van der Waals surface area contributed by atoms with Crippen molar-refractivity contribution in [2.24, 2.45) is 0 Å². The molecule has 0 spiro atoms. The molecule has 5 heteroatoms. The molecule has 94 valence electrons. The van der Waals surface area contributed by atoms with Crippen LogP contribution in [0.1, 0.15) is 0 Å². The summed E-state index contributed by atoms with van der Waals surface area (Å²) < 4.78 is 1.86. The third-order valence-electron chi connectivity index (χ3n) is 2.83. The lowest BCUT2D eigenvalue weighted by molar-refractivity contribution is 0.883. The van der Waals surface area contributed by atoms with Gasteiger partial charge in [-0.2, -0.15) is 5.10 Å². The first-order valence-corrected chi connectivity index (χ1v) is 5.98. The fourth-order valence-corrected chi connectivity index (χ4v) is 1.91. The number of hydrogen-bond acceptors (Lipinski definition) is 4. The zero-order valence-electron chi connectivity index (χ0n) is 10.5. The summed E-state index contributed by atoms with van der Waals surface area (Å²) in [6.45, 7) is 0. The summed E-state index contributed by atoms with van der Waals surface area (Å²) in [4.78, 5) is 8.42. The Kier molecular flexibility index (Phi) is 2.94. The van der Waals surface area contributed by atoms with Crippen LogP contribution in [0.25, 0.3) is 17.1 Å². The second-order valence-electron chi connectivity index (χ2n) is 4.00. The third-order valence-corrected chi connectivity index (χ3v) is 2.83. The summed E-state index contributed by atoms with van der Waals surface area (Å²) in [6.07, 6.45) is 3.31. The van der Waals surface area contributed by atoms with E-state index in [4.69, 9.17) is 0 Å². The fourth-order valence-electron chi connectivity index (χ4n) is 1.91. The van der Waals surface area contributed by atoms with Crippen molar-refractivity contribution in [2.75, 3.05) is 12.4 Å². The molecule has 1 aromatic carbocycles. The van der Waals surface area contributed by atoms with Crippen molar-refractivity contribution < 1.29 is 0 Å². The van der Waals surface area contributed by atoms with Crippen LogP contribution in [0.3, 0.4) is 0 Å². The van der Waals surface area contributed by atoms with E-state index in [2.05, 4.69) is 20.4 Å². The number of benzene rings is 1. The van der Waals surface area contributed by atoms with E-state index >= 15 is 0 Å². The molecule has 3 rings (SSSR count). The molecule has 1 N–H and O–H groups in total. The summed E-state index contributed by atoms with van der Waals surface area (Å²) in [5, 5.41) is 7.36. The lowest BCUT2D eigenvalue weighted by atomic mass is 10.2. The molecule has 0 aliphatic heterocycles. The van der Waals surface area contributed by atoms with Crippen LogP contribution in [-0.4, -0.2) is 26.8 Å². The van der Waals surface area contributed by atoms with E-state index in [0.717, 1.165) is 22.9 Å². The lowest BCUT2D eigenvalue weighted by Gasteiger charge is -2.07. The van der Waals surface area contributed by atoms with Crippen LogP contribution in [0.15, 0.2) is 55.0 Å². The summed E-state index contributed by atoms with van der Waals surface area (Å²) in [7, 11) is 1.83. The Hall–Kier alpha value is -2.69. The van der Waals surface area contributed by atoms with Crippen molar-refractivity contribution >= 4 is 5.82 Å². The number of anilines is 1. The Morgan fingerprint density at radius 3 is 2.68 bits per heavy atom. The SMILES string of the molecule is CNc1cc(-c2ccnn2-c2ccccc2)ncn1. The Balaban J connectivity index is 2.09. The molecule has 0 amide bonds. The third kappa shape index (κ3) is 2.18. The van der Waals surface area contributed by atoms with E-state index in [9.17, 15) is 0 Å². The maximum absolute atomic E-state index is 4.35. The van der Waals surface area contributed by atoms with Gasteiger partial charge in [0.15, 0.2) is 0 Å². The lowest BCUT2D eigenvalue weighted by Crippen LogP contribution is -2.01. The highest BCUT2D eigenvalue weighted by molar-refractivity contribution is 5.60. The van der Waals surface area contributed by atoms with Crippen LogP contribution in [0.2, 0.25) is 0 Å². The molecule has 0 bridgehead atoms. The summed E-state index contributed by atoms with van der Waals surface area (Å²) in [5.41, 5.74) is 2.78. The maximum atomic E-state index is 4.35. The first-order valence-electron chi connectivity index (χ1n) is 5.98. The van der Waals surface area contributed by atoms with E-state index in [1.165, 1.54) is 0 Å². The normalized spacial score (nSPS) is 10.4. The molecule has 0 radical (unpaired) electrons. The van der Waals surface area contributed by atoms with Gasteiger partial charge in [0, 0.05) is 13.1 Å². The van der Waals surface area contributed by atoms with Crippen molar-refractivity contribution in [3.63, 3.8) is 0 Å². The van der Waals surface area contributed by atoms with Crippen molar-refractivity contribution in [2.45, 2.75) is 0 Å². The first-order chi connectivity index (χ1) is 9.38. The zero-order chi connectivity index (χ0) is 13.1. The van der Waals surface area contributed by atoms with Gasteiger partial charge in [-0.05, 0) is 18.2 Å². The Bertz CT molecular complexity index is 675. The smallest absolute Gasteiger partial charge is 0.129 e. The van der Waals surface area contributed by atoms with E-state index in [1.807, 2.05) is 54.2 Å². The average molecular weight is 251 g/mol. The van der Waals surface area contributed by atoms with E-state index < -0.39 is 0 Å². The van der Waals surface area contributed by atoms with Crippen LogP contribution in [0.5, 0.6) is 0 Å². The molecule has 0 aliphatic rings. The van der Waals surface area contributed by atoms with Crippen LogP contribution >= 0.6 is 0 Å². The van der Waals surface area contributed by atoms with Gasteiger partial charge < -0.3 is 5.32 Å². The molecule has 19 heavy (non-hydrogen) atoms. The van der Waals surface area contributed by atoms with Gasteiger partial charge in [0.2, 0.25) is 0 Å². The van der Waals surface area contributed by atoms with Crippen molar-refractivity contribution in [3.05, 3.63) is 55.0 Å². The molecule has 0 aliphatic carbocycles. The molecule has 0 saturated heterocycles. The Labute approximate surface area is 111 Å². The highest BCUT2D eigenvalue weighted by Crippen LogP contribution is 2.21. The topological polar surface area (TPSA) is 55.6 Å². The Morgan fingerprint density at radius 1 is 1.05 bits per heavy atom. The minimum Gasteiger partial charge on any atom is -0.373 e. The van der Waals surface area contributed by atoms with Crippen LogP contribution in [0, 0.1) is 0 Å². The second kappa shape index (κ2) is 4.89. The van der Waals surface area contributed by atoms with Gasteiger partial charge in [-0.15, -0.1) is 0 Å². The number of nitrogens with one attached hydrogen (secondary N) is 1. The minimum atomic E-state index is 0.783. The first kappa shape index (κ1) is 11.4. The largest absolute Gasteiger partial charge is 0.373 e. The highest BCUT2D eigenvalue weighted by atomic mass is 15.3. The van der Waals surface area contributed by atoms with E-state index in [-0.39, 0.29) is 0 Å². The number of rotatable bonds is 3. The number of hydrogen-bond donors (Lipinski definition) is 1. The van der Waals surface area contributed by atoms with Gasteiger partial charge in [0.1, 0.15) is 12.1 Å². The minimum absolute atomic E-state index is 0.783. The molecule has 2 aromatic heterocycles. The summed E-state index contributed by atoms with van der Waals surface area (Å²) >= 11 is 0. The highest BCUT2D eigenvalue weighted by Gasteiger charge is 2.09. The molecule has 0 fully saturated rings. The monoisotopic (exact) mass is 251 g/mol. The molecule has 2 heterocycles. The second-order valence-corrected chi connectivity index (χ2v) is 4.00. The zero-order valence-corrected chi connectivity index (χ0v) is 10.5. The van der Waals surface area contributed by atoms with Crippen molar-refractivity contribution in [1.29, 1.82) is 0 Å². The van der Waals surface area contributed by atoms with Crippen LogP contribution in [0.4, 0.5) is 5.82 Å².